The number of fused-ring (bicyclic) bond motifs is 1. The molecular weight excluding hydrogens is 217 g/mol. The predicted octanol–water partition coefficient (Wildman–Crippen LogP) is 2.76. The van der Waals surface area contributed by atoms with Crippen LogP contribution >= 0.6 is 0 Å². The average Bonchev–Trinajstić information content (AvgIpc) is 2.55. The van der Waals surface area contributed by atoms with Crippen molar-refractivity contribution >= 4 is 11.0 Å². The van der Waals surface area contributed by atoms with Crippen LogP contribution in [0.2, 0.25) is 0 Å². The zero-order valence-corrected chi connectivity index (χ0v) is 10.4. The second-order valence-electron chi connectivity index (χ2n) is 4.90. The summed E-state index contributed by atoms with van der Waals surface area (Å²) in [4.78, 5) is 4.48. The Kier molecular flexibility index (Phi) is 3.15. The quantitative estimate of drug-likeness (QED) is 0.889. The number of aryl methyl sites for hydroxylation is 1. The zero-order valence-electron chi connectivity index (χ0n) is 10.4. The van der Waals surface area contributed by atoms with E-state index in [9.17, 15) is 4.39 Å². The Morgan fingerprint density at radius 3 is 2.76 bits per heavy atom. The number of imidazole rings is 1. The normalized spacial score (nSPS) is 13.5. The molecule has 1 aromatic carbocycles. The van der Waals surface area contributed by atoms with Crippen LogP contribution in [0.15, 0.2) is 18.2 Å². The minimum atomic E-state index is -0.246. The topological polar surface area (TPSA) is 43.8 Å². The summed E-state index contributed by atoms with van der Waals surface area (Å²) in [6.07, 6.45) is 0.875. The first-order valence-electron chi connectivity index (χ1n) is 5.86. The Labute approximate surface area is 100 Å². The SMILES string of the molecule is CC(C)CC(N)c1nc2ccc(F)cc2n1C. The van der Waals surface area contributed by atoms with E-state index in [2.05, 4.69) is 18.8 Å². The number of rotatable bonds is 3. The first kappa shape index (κ1) is 12.0. The molecule has 1 unspecified atom stereocenters. The van der Waals surface area contributed by atoms with Gasteiger partial charge in [-0.05, 0) is 30.5 Å². The van der Waals surface area contributed by atoms with Crippen molar-refractivity contribution in [1.29, 1.82) is 0 Å². The van der Waals surface area contributed by atoms with Crippen LogP contribution in [-0.4, -0.2) is 9.55 Å². The molecule has 0 spiro atoms. The molecule has 17 heavy (non-hydrogen) atoms. The Bertz CT molecular complexity index is 531. The summed E-state index contributed by atoms with van der Waals surface area (Å²) in [5, 5.41) is 0. The third kappa shape index (κ3) is 2.31. The molecule has 2 aromatic rings. The van der Waals surface area contributed by atoms with Crippen LogP contribution in [0.5, 0.6) is 0 Å². The standard InChI is InChI=1S/C13H18FN3/c1-8(2)6-10(15)13-16-11-5-4-9(14)7-12(11)17(13)3/h4-5,7-8,10H,6,15H2,1-3H3. The second-order valence-corrected chi connectivity index (χ2v) is 4.90. The highest BCUT2D eigenvalue weighted by molar-refractivity contribution is 5.76. The molecule has 1 atom stereocenters. The summed E-state index contributed by atoms with van der Waals surface area (Å²) >= 11 is 0. The van der Waals surface area contributed by atoms with Gasteiger partial charge in [0.25, 0.3) is 0 Å². The van der Waals surface area contributed by atoms with Gasteiger partial charge in [-0.1, -0.05) is 13.8 Å². The fraction of sp³-hybridized carbons (Fsp3) is 0.462. The molecule has 0 saturated heterocycles. The van der Waals surface area contributed by atoms with E-state index in [4.69, 9.17) is 5.73 Å². The van der Waals surface area contributed by atoms with Crippen LogP contribution in [0.1, 0.15) is 32.1 Å². The van der Waals surface area contributed by atoms with E-state index in [0.29, 0.717) is 5.92 Å². The minimum Gasteiger partial charge on any atom is -0.330 e. The van der Waals surface area contributed by atoms with Crippen molar-refractivity contribution in [2.24, 2.45) is 18.7 Å². The van der Waals surface area contributed by atoms with Crippen molar-refractivity contribution in [3.8, 4) is 0 Å². The van der Waals surface area contributed by atoms with Crippen molar-refractivity contribution in [1.82, 2.24) is 9.55 Å². The highest BCUT2D eigenvalue weighted by Crippen LogP contribution is 2.22. The lowest BCUT2D eigenvalue weighted by Gasteiger charge is -2.13. The molecule has 1 heterocycles. The van der Waals surface area contributed by atoms with Crippen molar-refractivity contribution in [2.45, 2.75) is 26.3 Å². The lowest BCUT2D eigenvalue weighted by Crippen LogP contribution is -2.17. The highest BCUT2D eigenvalue weighted by Gasteiger charge is 2.16. The van der Waals surface area contributed by atoms with Gasteiger partial charge in [-0.3, -0.25) is 0 Å². The van der Waals surface area contributed by atoms with Crippen LogP contribution in [-0.2, 0) is 7.05 Å². The van der Waals surface area contributed by atoms with Gasteiger partial charge in [0.2, 0.25) is 0 Å². The lowest BCUT2D eigenvalue weighted by molar-refractivity contribution is 0.485. The predicted molar refractivity (Wildman–Crippen MR) is 67.1 cm³/mol. The molecule has 0 amide bonds. The number of nitrogens with two attached hydrogens (primary N) is 1. The Balaban J connectivity index is 2.45. The van der Waals surface area contributed by atoms with Gasteiger partial charge >= 0.3 is 0 Å². The maximum atomic E-state index is 13.2. The van der Waals surface area contributed by atoms with E-state index in [-0.39, 0.29) is 11.9 Å². The molecule has 0 aliphatic heterocycles. The van der Waals surface area contributed by atoms with Crippen molar-refractivity contribution in [2.75, 3.05) is 0 Å². The van der Waals surface area contributed by atoms with Crippen LogP contribution in [0.4, 0.5) is 4.39 Å². The van der Waals surface area contributed by atoms with E-state index < -0.39 is 0 Å². The second kappa shape index (κ2) is 4.45. The van der Waals surface area contributed by atoms with Gasteiger partial charge in [0.15, 0.2) is 0 Å². The van der Waals surface area contributed by atoms with Crippen LogP contribution in [0, 0.1) is 11.7 Å². The number of aromatic nitrogens is 2. The smallest absolute Gasteiger partial charge is 0.126 e. The largest absolute Gasteiger partial charge is 0.330 e. The van der Waals surface area contributed by atoms with Gasteiger partial charge < -0.3 is 10.3 Å². The Morgan fingerprint density at radius 2 is 2.12 bits per heavy atom. The maximum Gasteiger partial charge on any atom is 0.126 e. The van der Waals surface area contributed by atoms with Crippen LogP contribution < -0.4 is 5.73 Å². The Morgan fingerprint density at radius 1 is 1.41 bits per heavy atom. The maximum absolute atomic E-state index is 13.2. The third-order valence-electron chi connectivity index (χ3n) is 2.93. The summed E-state index contributed by atoms with van der Waals surface area (Å²) in [7, 11) is 1.88. The molecule has 0 bridgehead atoms. The summed E-state index contributed by atoms with van der Waals surface area (Å²) in [5.74, 6) is 1.09. The number of halogens is 1. The van der Waals surface area contributed by atoms with Crippen molar-refractivity contribution < 1.29 is 4.39 Å². The third-order valence-corrected chi connectivity index (χ3v) is 2.93. The molecule has 0 saturated carbocycles. The molecule has 2 rings (SSSR count). The van der Waals surface area contributed by atoms with E-state index in [0.717, 1.165) is 23.3 Å². The molecule has 0 fully saturated rings. The van der Waals surface area contributed by atoms with Gasteiger partial charge in [-0.2, -0.15) is 0 Å². The van der Waals surface area contributed by atoms with E-state index >= 15 is 0 Å². The fourth-order valence-electron chi connectivity index (χ4n) is 2.13. The van der Waals surface area contributed by atoms with Gasteiger partial charge in [0.1, 0.15) is 11.6 Å². The molecule has 0 aliphatic rings. The number of nitrogens with zero attached hydrogens (tertiary/aromatic N) is 2. The summed E-state index contributed by atoms with van der Waals surface area (Å²) in [5.41, 5.74) is 7.71. The van der Waals surface area contributed by atoms with Gasteiger partial charge in [0.05, 0.1) is 17.1 Å². The monoisotopic (exact) mass is 235 g/mol. The molecule has 0 radical (unpaired) electrons. The number of benzene rings is 1. The number of hydrogen-bond donors (Lipinski definition) is 1. The summed E-state index contributed by atoms with van der Waals surface area (Å²) in [6, 6.07) is 4.51. The lowest BCUT2D eigenvalue weighted by atomic mass is 10.0. The van der Waals surface area contributed by atoms with Crippen LogP contribution in [0.25, 0.3) is 11.0 Å². The molecule has 1 aromatic heterocycles. The number of hydrogen-bond acceptors (Lipinski definition) is 2. The molecule has 3 nitrogen and oxygen atoms in total. The minimum absolute atomic E-state index is 0.101. The molecule has 92 valence electrons. The average molecular weight is 235 g/mol. The fourth-order valence-corrected chi connectivity index (χ4v) is 2.13. The molecule has 4 heteroatoms. The zero-order chi connectivity index (χ0) is 12.6. The van der Waals surface area contributed by atoms with E-state index in [1.807, 2.05) is 11.6 Å². The molecular formula is C13H18FN3. The van der Waals surface area contributed by atoms with Gasteiger partial charge in [-0.15, -0.1) is 0 Å². The summed E-state index contributed by atoms with van der Waals surface area (Å²) < 4.78 is 15.0. The summed E-state index contributed by atoms with van der Waals surface area (Å²) in [6.45, 7) is 4.25. The van der Waals surface area contributed by atoms with E-state index in [1.165, 1.54) is 12.1 Å². The van der Waals surface area contributed by atoms with Crippen LogP contribution in [0.3, 0.4) is 0 Å². The van der Waals surface area contributed by atoms with Crippen molar-refractivity contribution in [3.63, 3.8) is 0 Å². The molecule has 0 aliphatic carbocycles. The Hall–Kier alpha value is -1.42. The van der Waals surface area contributed by atoms with Gasteiger partial charge in [0, 0.05) is 7.05 Å². The van der Waals surface area contributed by atoms with Crippen molar-refractivity contribution in [3.05, 3.63) is 29.8 Å². The first-order valence-corrected chi connectivity index (χ1v) is 5.86. The van der Waals surface area contributed by atoms with Gasteiger partial charge in [-0.25, -0.2) is 9.37 Å². The highest BCUT2D eigenvalue weighted by atomic mass is 19.1. The first-order chi connectivity index (χ1) is 7.99. The van der Waals surface area contributed by atoms with E-state index in [1.54, 1.807) is 6.07 Å². The molecule has 2 N–H and O–H groups in total.